The number of hydrogen-bond donors (Lipinski definition) is 0. The molecule has 4 aromatic carbocycles. The van der Waals surface area contributed by atoms with Crippen LogP contribution < -0.4 is 0 Å². The second-order valence-electron chi connectivity index (χ2n) is 10.6. The Balaban J connectivity index is 0.000000229. The topological polar surface area (TPSA) is 57.2 Å². The largest absolute Gasteiger partial charge is 0.744 e. The molecule has 0 spiro atoms. The van der Waals surface area contributed by atoms with Crippen LogP contribution in [-0.4, -0.2) is 13.0 Å². The van der Waals surface area contributed by atoms with Crippen molar-refractivity contribution in [2.45, 2.75) is 78.9 Å². The number of hydrogen-bond acceptors (Lipinski definition) is 3. The van der Waals surface area contributed by atoms with E-state index in [1.165, 1.54) is 36.4 Å². The summed E-state index contributed by atoms with van der Waals surface area (Å²) in [5, 5.41) is 0. The minimum atomic E-state index is -4.45. The Morgan fingerprint density at radius 1 is 0.561 bits per heavy atom. The van der Waals surface area contributed by atoms with Gasteiger partial charge >= 0.3 is 0 Å². The molecule has 0 saturated heterocycles. The van der Waals surface area contributed by atoms with Crippen LogP contribution in [0.15, 0.2) is 105 Å². The molecule has 0 saturated carbocycles. The van der Waals surface area contributed by atoms with Crippen LogP contribution in [0.2, 0.25) is 0 Å². The second kappa shape index (κ2) is 13.7. The van der Waals surface area contributed by atoms with Crippen LogP contribution in [0.25, 0.3) is 0 Å². The third kappa shape index (κ3) is 8.47. The second-order valence-corrected chi connectivity index (χ2v) is 14.0. The van der Waals surface area contributed by atoms with E-state index in [-0.39, 0.29) is 34.2 Å². The minimum absolute atomic E-state index is 0.00919. The molecule has 8 heteroatoms. The van der Waals surface area contributed by atoms with Crippen molar-refractivity contribution < 1.29 is 26.1 Å². The zero-order valence-corrected chi connectivity index (χ0v) is 25.6. The quantitative estimate of drug-likeness (QED) is 0.157. The number of rotatable bonds is 7. The molecule has 3 nitrogen and oxygen atoms in total. The van der Waals surface area contributed by atoms with Crippen LogP contribution in [0, 0.1) is 17.5 Å². The van der Waals surface area contributed by atoms with Crippen molar-refractivity contribution in [1.29, 1.82) is 0 Å². The van der Waals surface area contributed by atoms with Crippen molar-refractivity contribution in [2.24, 2.45) is 0 Å². The van der Waals surface area contributed by atoms with Crippen LogP contribution >= 0.6 is 0 Å². The van der Waals surface area contributed by atoms with Crippen molar-refractivity contribution >= 4 is 21.0 Å². The summed E-state index contributed by atoms with van der Waals surface area (Å²) in [5.74, 6) is -0.621. The summed E-state index contributed by atoms with van der Waals surface area (Å²) in [6.45, 7) is 11.8. The summed E-state index contributed by atoms with van der Waals surface area (Å²) in [6.07, 6.45) is 0. The summed E-state index contributed by atoms with van der Waals surface area (Å²) in [4.78, 5) is 2.65. The Morgan fingerprint density at radius 3 is 1.07 bits per heavy atom. The predicted molar refractivity (Wildman–Crippen MR) is 158 cm³/mol. The predicted octanol–water partition coefficient (Wildman–Crippen LogP) is 9.16. The Kier molecular flexibility index (Phi) is 10.9. The van der Waals surface area contributed by atoms with Gasteiger partial charge in [-0.05, 0) is 107 Å². The fourth-order valence-electron chi connectivity index (χ4n) is 4.30. The molecule has 0 bridgehead atoms. The van der Waals surface area contributed by atoms with Gasteiger partial charge in [-0.3, -0.25) is 0 Å². The van der Waals surface area contributed by atoms with Gasteiger partial charge in [-0.15, -0.1) is 0 Å². The van der Waals surface area contributed by atoms with Gasteiger partial charge in [0, 0.05) is 0 Å². The van der Waals surface area contributed by atoms with E-state index >= 15 is 0 Å². The molecular formula is C33H35F3O3S2. The lowest BCUT2D eigenvalue weighted by molar-refractivity contribution is 0.459. The van der Waals surface area contributed by atoms with E-state index in [0.29, 0.717) is 17.0 Å². The molecular weight excluding hydrogens is 565 g/mol. The lowest BCUT2D eigenvalue weighted by atomic mass is 9.89. The molecule has 0 fully saturated rings. The van der Waals surface area contributed by atoms with Gasteiger partial charge in [-0.2, -0.15) is 0 Å². The van der Waals surface area contributed by atoms with Crippen LogP contribution in [-0.2, 0) is 21.0 Å². The van der Waals surface area contributed by atoms with Crippen molar-refractivity contribution in [2.75, 3.05) is 0 Å². The van der Waals surface area contributed by atoms with Gasteiger partial charge in [0.25, 0.3) is 0 Å². The smallest absolute Gasteiger partial charge is 0.166 e. The lowest BCUT2D eigenvalue weighted by Gasteiger charge is -2.24. The maximum atomic E-state index is 13.2. The molecule has 0 radical (unpaired) electrons. The average Bonchev–Trinajstić information content (AvgIpc) is 2.91. The molecule has 218 valence electrons. The molecule has 0 aliphatic rings. The fraction of sp³-hybridized carbons (Fsp3) is 0.273. The Labute approximate surface area is 244 Å². The van der Waals surface area contributed by atoms with E-state index in [9.17, 15) is 26.1 Å². The molecule has 0 unspecified atom stereocenters. The first kappa shape index (κ1) is 32.4. The highest BCUT2D eigenvalue weighted by Gasteiger charge is 2.28. The standard InChI is InChI=1S/C18H12F3S.C15H24O3S/c19-13-1-7-16(8-2-13)22(17-9-3-14(20)4-10-17)18-11-5-15(21)6-12-18;1-9(2)12-7-13(10(3)4)15(19(16,17)18)14(8-12)11(5)6/h1-12H;7-11H,1-6H3,(H,16,17,18)/q+1;/p-1. The van der Waals surface area contributed by atoms with Gasteiger partial charge in [-0.25, -0.2) is 21.6 Å². The van der Waals surface area contributed by atoms with Gasteiger partial charge < -0.3 is 4.55 Å². The zero-order valence-electron chi connectivity index (χ0n) is 24.0. The van der Waals surface area contributed by atoms with Crippen LogP contribution in [0.1, 0.15) is 76.0 Å². The molecule has 0 amide bonds. The third-order valence-electron chi connectivity index (χ3n) is 6.48. The summed E-state index contributed by atoms with van der Waals surface area (Å²) in [5.41, 5.74) is 2.37. The van der Waals surface area contributed by atoms with Crippen LogP contribution in [0.3, 0.4) is 0 Å². The van der Waals surface area contributed by atoms with E-state index in [4.69, 9.17) is 0 Å². The highest BCUT2D eigenvalue weighted by atomic mass is 32.2. The molecule has 4 aromatic rings. The van der Waals surface area contributed by atoms with Crippen molar-refractivity contribution in [1.82, 2.24) is 0 Å². The maximum absolute atomic E-state index is 13.2. The van der Waals surface area contributed by atoms with E-state index in [0.717, 1.165) is 20.2 Å². The van der Waals surface area contributed by atoms with Crippen molar-refractivity contribution in [3.63, 3.8) is 0 Å². The summed E-state index contributed by atoms with van der Waals surface area (Å²) in [7, 11) is -4.99. The van der Waals surface area contributed by atoms with Crippen molar-refractivity contribution in [3.05, 3.63) is 119 Å². The molecule has 0 heterocycles. The molecule has 0 aromatic heterocycles. The fourth-order valence-corrected chi connectivity index (χ4v) is 7.51. The van der Waals surface area contributed by atoms with E-state index in [2.05, 4.69) is 13.8 Å². The van der Waals surface area contributed by atoms with Gasteiger partial charge in [0.05, 0.1) is 15.8 Å². The third-order valence-corrected chi connectivity index (χ3v) is 9.68. The summed E-state index contributed by atoms with van der Waals surface area (Å²) < 4.78 is 74.3. The Morgan fingerprint density at radius 2 is 0.854 bits per heavy atom. The molecule has 0 aliphatic heterocycles. The average molecular weight is 601 g/mol. The van der Waals surface area contributed by atoms with E-state index in [1.807, 2.05) is 39.8 Å². The molecule has 0 N–H and O–H groups in total. The maximum Gasteiger partial charge on any atom is 0.166 e. The molecule has 0 aliphatic carbocycles. The first-order valence-corrected chi connectivity index (χ1v) is 16.0. The Hall–Kier alpha value is -3.07. The first-order chi connectivity index (χ1) is 19.2. The molecule has 4 rings (SSSR count). The normalized spacial score (nSPS) is 11.8. The number of benzene rings is 4. The summed E-state index contributed by atoms with van der Waals surface area (Å²) in [6, 6.07) is 22.3. The lowest BCUT2D eigenvalue weighted by Crippen LogP contribution is -2.11. The van der Waals surface area contributed by atoms with Crippen molar-refractivity contribution in [3.8, 4) is 0 Å². The van der Waals surface area contributed by atoms with Gasteiger partial charge in [0.2, 0.25) is 0 Å². The highest BCUT2D eigenvalue weighted by Crippen LogP contribution is 2.35. The zero-order chi connectivity index (χ0) is 30.5. The van der Waals surface area contributed by atoms with Gasteiger partial charge in [-0.1, -0.05) is 53.7 Å². The highest BCUT2D eigenvalue weighted by molar-refractivity contribution is 7.97. The SMILES string of the molecule is CC(C)c1cc(C(C)C)c(S(=O)(=O)[O-])c(C(C)C)c1.Fc1ccc([S+](c2ccc(F)cc2)c2ccc(F)cc2)cc1. The van der Waals surface area contributed by atoms with Gasteiger partial charge in [0.15, 0.2) is 14.7 Å². The minimum Gasteiger partial charge on any atom is -0.744 e. The number of halogens is 3. The van der Waals surface area contributed by atoms with Crippen LogP contribution in [0.4, 0.5) is 13.2 Å². The summed E-state index contributed by atoms with van der Waals surface area (Å²) >= 11 is 0. The Bertz CT molecular complexity index is 1410. The molecule has 0 atom stereocenters. The molecule has 41 heavy (non-hydrogen) atoms. The monoisotopic (exact) mass is 600 g/mol. The van der Waals surface area contributed by atoms with E-state index in [1.54, 1.807) is 36.4 Å². The van der Waals surface area contributed by atoms with E-state index < -0.39 is 21.0 Å². The van der Waals surface area contributed by atoms with Gasteiger partial charge in [0.1, 0.15) is 27.6 Å². The van der Waals surface area contributed by atoms with Crippen LogP contribution in [0.5, 0.6) is 0 Å². The first-order valence-electron chi connectivity index (χ1n) is 13.3.